The molecule has 160 valence electrons. The zero-order chi connectivity index (χ0) is 22.2. The average molecular weight is 435 g/mol. The molecule has 0 heterocycles. The van der Waals surface area contributed by atoms with Crippen LogP contribution in [0.5, 0.6) is 0 Å². The molecule has 31 heavy (non-hydrogen) atoms. The molecule has 0 aliphatic heterocycles. The van der Waals surface area contributed by atoms with Gasteiger partial charge in [-0.3, -0.25) is 9.59 Å². The lowest BCUT2D eigenvalue weighted by Gasteiger charge is -2.31. The summed E-state index contributed by atoms with van der Waals surface area (Å²) in [6, 6.07) is 24.4. The molecule has 0 fully saturated rings. The number of rotatable bonds is 8. The Balaban J connectivity index is 1.94. The van der Waals surface area contributed by atoms with Gasteiger partial charge in [-0.2, -0.15) is 0 Å². The number of hydrogen-bond donors (Lipinski definition) is 1. The van der Waals surface area contributed by atoms with Gasteiger partial charge < -0.3 is 10.2 Å². The third-order valence-electron chi connectivity index (χ3n) is 5.20. The number of benzene rings is 3. The molecule has 0 radical (unpaired) electrons. The van der Waals surface area contributed by atoms with Crippen LogP contribution in [-0.2, 0) is 29.0 Å². The summed E-state index contributed by atoms with van der Waals surface area (Å²) in [7, 11) is 1.60. The van der Waals surface area contributed by atoms with Gasteiger partial charge in [0.2, 0.25) is 11.8 Å². The van der Waals surface area contributed by atoms with Gasteiger partial charge in [0, 0.05) is 25.0 Å². The fraction of sp³-hybridized carbons (Fsp3) is 0.231. The lowest BCUT2D eigenvalue weighted by atomic mass is 10.0. The highest BCUT2D eigenvalue weighted by Gasteiger charge is 2.29. The van der Waals surface area contributed by atoms with Crippen molar-refractivity contribution in [3.8, 4) is 0 Å². The number of nitrogens with zero attached hydrogens (tertiary/aromatic N) is 1. The molecule has 3 aromatic carbocycles. The van der Waals surface area contributed by atoms with Crippen LogP contribution >= 0.6 is 11.6 Å². The van der Waals surface area contributed by atoms with Crippen LogP contribution < -0.4 is 5.32 Å². The third-order valence-corrected chi connectivity index (χ3v) is 5.43. The van der Waals surface area contributed by atoms with Gasteiger partial charge in [-0.05, 0) is 35.7 Å². The molecule has 5 heteroatoms. The van der Waals surface area contributed by atoms with E-state index in [1.807, 2.05) is 73.7 Å². The maximum Gasteiger partial charge on any atom is 0.242 e. The van der Waals surface area contributed by atoms with Crippen molar-refractivity contribution in [2.75, 3.05) is 7.05 Å². The molecule has 0 aliphatic carbocycles. The van der Waals surface area contributed by atoms with E-state index in [4.69, 9.17) is 11.6 Å². The quantitative estimate of drug-likeness (QED) is 0.564. The van der Waals surface area contributed by atoms with Crippen LogP contribution in [0.25, 0.3) is 0 Å². The van der Waals surface area contributed by atoms with Crippen molar-refractivity contribution in [1.82, 2.24) is 10.2 Å². The Morgan fingerprint density at radius 2 is 1.58 bits per heavy atom. The van der Waals surface area contributed by atoms with E-state index in [0.717, 1.165) is 22.3 Å². The second-order valence-electron chi connectivity index (χ2n) is 7.64. The van der Waals surface area contributed by atoms with Crippen LogP contribution in [0.4, 0.5) is 0 Å². The normalized spacial score (nSPS) is 11.6. The number of aryl methyl sites for hydroxylation is 1. The molecule has 1 atom stereocenters. The predicted molar refractivity (Wildman–Crippen MR) is 125 cm³/mol. The minimum atomic E-state index is -0.625. The second-order valence-corrected chi connectivity index (χ2v) is 8.07. The number of carbonyl (C=O) groups is 2. The maximum atomic E-state index is 13.5. The van der Waals surface area contributed by atoms with Crippen molar-refractivity contribution < 1.29 is 9.59 Å². The highest BCUT2D eigenvalue weighted by molar-refractivity contribution is 6.30. The smallest absolute Gasteiger partial charge is 0.242 e. The first kappa shape index (κ1) is 22.6. The van der Waals surface area contributed by atoms with Gasteiger partial charge in [0.1, 0.15) is 6.04 Å². The fourth-order valence-electron chi connectivity index (χ4n) is 3.65. The van der Waals surface area contributed by atoms with E-state index in [1.54, 1.807) is 24.1 Å². The molecule has 0 saturated carbocycles. The van der Waals surface area contributed by atoms with Crippen molar-refractivity contribution in [2.45, 2.75) is 32.4 Å². The summed E-state index contributed by atoms with van der Waals surface area (Å²) in [5.74, 6) is -0.302. The molecule has 0 bridgehead atoms. The zero-order valence-corrected chi connectivity index (χ0v) is 18.6. The summed E-state index contributed by atoms with van der Waals surface area (Å²) in [6.45, 7) is 2.37. The Kier molecular flexibility index (Phi) is 7.85. The number of hydrogen-bond acceptors (Lipinski definition) is 2. The number of carbonyl (C=O) groups excluding carboxylic acids is 2. The topological polar surface area (TPSA) is 49.4 Å². The summed E-state index contributed by atoms with van der Waals surface area (Å²) in [4.78, 5) is 28.1. The lowest BCUT2D eigenvalue weighted by molar-refractivity contribution is -0.140. The highest BCUT2D eigenvalue weighted by Crippen LogP contribution is 2.18. The van der Waals surface area contributed by atoms with Gasteiger partial charge in [0.15, 0.2) is 0 Å². The van der Waals surface area contributed by atoms with Crippen molar-refractivity contribution >= 4 is 23.4 Å². The van der Waals surface area contributed by atoms with Crippen LogP contribution in [0, 0.1) is 6.92 Å². The van der Waals surface area contributed by atoms with Crippen LogP contribution in [0.3, 0.4) is 0 Å². The van der Waals surface area contributed by atoms with E-state index in [0.29, 0.717) is 18.0 Å². The SMILES string of the molecule is CNC(=O)C(Cc1ccccc1)N(Cc1cccc(C)c1)C(=O)Cc1cccc(Cl)c1. The molecule has 3 rings (SSSR count). The molecule has 4 nitrogen and oxygen atoms in total. The molecule has 0 spiro atoms. The minimum absolute atomic E-state index is 0.117. The molecular weight excluding hydrogens is 408 g/mol. The van der Waals surface area contributed by atoms with Gasteiger partial charge in [0.25, 0.3) is 0 Å². The lowest BCUT2D eigenvalue weighted by Crippen LogP contribution is -2.50. The van der Waals surface area contributed by atoms with E-state index in [2.05, 4.69) is 5.32 Å². The first-order valence-corrected chi connectivity index (χ1v) is 10.7. The minimum Gasteiger partial charge on any atom is -0.357 e. The van der Waals surface area contributed by atoms with Gasteiger partial charge in [-0.1, -0.05) is 83.9 Å². The molecule has 0 saturated heterocycles. The van der Waals surface area contributed by atoms with Crippen LogP contribution in [0.1, 0.15) is 22.3 Å². The predicted octanol–water partition coefficient (Wildman–Crippen LogP) is 4.58. The fourth-order valence-corrected chi connectivity index (χ4v) is 3.86. The van der Waals surface area contributed by atoms with Crippen LogP contribution in [0.15, 0.2) is 78.9 Å². The average Bonchev–Trinajstić information content (AvgIpc) is 2.76. The Bertz CT molecular complexity index is 1040. The highest BCUT2D eigenvalue weighted by atomic mass is 35.5. The molecule has 0 aromatic heterocycles. The molecule has 2 amide bonds. The first-order valence-electron chi connectivity index (χ1n) is 10.3. The molecule has 1 N–H and O–H groups in total. The zero-order valence-electron chi connectivity index (χ0n) is 17.8. The monoisotopic (exact) mass is 434 g/mol. The molecule has 1 unspecified atom stereocenters. The van der Waals surface area contributed by atoms with E-state index >= 15 is 0 Å². The summed E-state index contributed by atoms with van der Waals surface area (Å²) in [5.41, 5.74) is 3.92. The number of nitrogens with one attached hydrogen (secondary N) is 1. The molecule has 3 aromatic rings. The van der Waals surface area contributed by atoms with Crippen molar-refractivity contribution in [2.24, 2.45) is 0 Å². The summed E-state index contributed by atoms with van der Waals surface area (Å²) in [6.07, 6.45) is 0.613. The number of likely N-dealkylation sites (N-methyl/N-ethyl adjacent to an activating group) is 1. The Morgan fingerprint density at radius 3 is 2.26 bits per heavy atom. The molecular formula is C26H27ClN2O2. The maximum absolute atomic E-state index is 13.5. The summed E-state index contributed by atoms with van der Waals surface area (Å²) < 4.78 is 0. The second kappa shape index (κ2) is 10.8. The third kappa shape index (κ3) is 6.43. The van der Waals surface area contributed by atoms with E-state index in [-0.39, 0.29) is 18.2 Å². The standard InChI is InChI=1S/C26H27ClN2O2/c1-19-8-6-12-22(14-19)18-29(25(30)17-21-11-7-13-23(27)15-21)24(26(31)28-2)16-20-9-4-3-5-10-20/h3-15,24H,16-18H2,1-2H3,(H,28,31). The van der Waals surface area contributed by atoms with E-state index in [1.165, 1.54) is 0 Å². The number of amides is 2. The van der Waals surface area contributed by atoms with Crippen molar-refractivity contribution in [3.63, 3.8) is 0 Å². The van der Waals surface area contributed by atoms with Crippen LogP contribution in [-0.4, -0.2) is 29.8 Å². The first-order chi connectivity index (χ1) is 15.0. The number of halogens is 1. The van der Waals surface area contributed by atoms with E-state index < -0.39 is 6.04 Å². The Labute approximate surface area is 188 Å². The van der Waals surface area contributed by atoms with Crippen molar-refractivity contribution in [1.29, 1.82) is 0 Å². The van der Waals surface area contributed by atoms with Crippen molar-refractivity contribution in [3.05, 3.63) is 106 Å². The van der Waals surface area contributed by atoms with Crippen LogP contribution in [0.2, 0.25) is 5.02 Å². The Hall–Kier alpha value is -3.11. The van der Waals surface area contributed by atoms with Gasteiger partial charge in [0.05, 0.1) is 6.42 Å². The summed E-state index contributed by atoms with van der Waals surface area (Å²) >= 11 is 6.11. The van der Waals surface area contributed by atoms with Gasteiger partial charge in [-0.25, -0.2) is 0 Å². The molecule has 0 aliphatic rings. The van der Waals surface area contributed by atoms with Gasteiger partial charge >= 0.3 is 0 Å². The summed E-state index contributed by atoms with van der Waals surface area (Å²) in [5, 5.41) is 3.32. The van der Waals surface area contributed by atoms with E-state index in [9.17, 15) is 9.59 Å². The Morgan fingerprint density at radius 1 is 0.903 bits per heavy atom. The van der Waals surface area contributed by atoms with Gasteiger partial charge in [-0.15, -0.1) is 0 Å². The largest absolute Gasteiger partial charge is 0.357 e.